The summed E-state index contributed by atoms with van der Waals surface area (Å²) in [5, 5.41) is 4.12. The van der Waals surface area contributed by atoms with Gasteiger partial charge in [-0.25, -0.2) is 8.42 Å². The molecule has 4 nitrogen and oxygen atoms in total. The molecule has 0 aromatic carbocycles. The number of alkyl halides is 2. The molecule has 1 fully saturated rings. The van der Waals surface area contributed by atoms with Gasteiger partial charge in [-0.05, 0) is 13.3 Å². The van der Waals surface area contributed by atoms with E-state index in [0.717, 1.165) is 0 Å². The molecule has 0 saturated carbocycles. The summed E-state index contributed by atoms with van der Waals surface area (Å²) in [7, 11) is -2.99. The molecule has 1 amide bonds. The van der Waals surface area contributed by atoms with Gasteiger partial charge in [-0.1, -0.05) is 31.9 Å². The van der Waals surface area contributed by atoms with Crippen LogP contribution in [0.5, 0.6) is 0 Å². The van der Waals surface area contributed by atoms with Crippen LogP contribution in [0, 0.1) is 5.92 Å². The van der Waals surface area contributed by atoms with Gasteiger partial charge in [0.15, 0.2) is 9.84 Å². The van der Waals surface area contributed by atoms with E-state index in [1.54, 1.807) is 0 Å². The topological polar surface area (TPSA) is 63.2 Å². The molecule has 1 saturated heterocycles. The van der Waals surface area contributed by atoms with E-state index >= 15 is 0 Å². The molecule has 1 aliphatic heterocycles. The number of rotatable bonds is 4. The van der Waals surface area contributed by atoms with E-state index in [1.807, 2.05) is 6.92 Å². The lowest BCUT2D eigenvalue weighted by Crippen LogP contribution is -2.51. The summed E-state index contributed by atoms with van der Waals surface area (Å²) in [5.74, 6) is -0.436. The molecule has 1 unspecified atom stereocenters. The normalized spacial score (nSPS) is 24.3. The van der Waals surface area contributed by atoms with Gasteiger partial charge >= 0.3 is 0 Å². The fraction of sp³-hybridized carbons (Fsp3) is 0.889. The molecule has 1 aliphatic rings. The highest BCUT2D eigenvalue weighted by Crippen LogP contribution is 2.20. The minimum Gasteiger partial charge on any atom is -0.349 e. The van der Waals surface area contributed by atoms with Crippen molar-refractivity contribution < 1.29 is 13.2 Å². The van der Waals surface area contributed by atoms with Crippen molar-refractivity contribution in [1.29, 1.82) is 0 Å². The number of carbonyl (C=O) groups excluding carboxylic acids is 1. The van der Waals surface area contributed by atoms with Crippen molar-refractivity contribution in [2.24, 2.45) is 5.92 Å². The average Bonchev–Trinajstić information content (AvgIpc) is 2.58. The van der Waals surface area contributed by atoms with Crippen molar-refractivity contribution in [1.82, 2.24) is 5.32 Å². The number of sulfone groups is 1. The van der Waals surface area contributed by atoms with Crippen LogP contribution in [0.1, 0.15) is 13.3 Å². The first-order valence-electron chi connectivity index (χ1n) is 4.96. The average molecular weight is 377 g/mol. The fourth-order valence-electron chi connectivity index (χ4n) is 1.50. The van der Waals surface area contributed by atoms with Crippen molar-refractivity contribution in [3.05, 3.63) is 0 Å². The standard InChI is InChI=1S/C9H15Br2NO3S/c1-9(5-10,6-11)12-8(13)7-2-3-16(14,15)4-7/h7H,2-6H2,1H3,(H,12,13). The summed E-state index contributed by atoms with van der Waals surface area (Å²) >= 11 is 6.66. The van der Waals surface area contributed by atoms with E-state index in [2.05, 4.69) is 37.2 Å². The van der Waals surface area contributed by atoms with Gasteiger partial charge < -0.3 is 5.32 Å². The van der Waals surface area contributed by atoms with Crippen molar-refractivity contribution in [3.63, 3.8) is 0 Å². The van der Waals surface area contributed by atoms with Crippen LogP contribution in [0.25, 0.3) is 0 Å². The predicted octanol–water partition coefficient (Wildman–Crippen LogP) is 1.09. The van der Waals surface area contributed by atoms with Crippen LogP contribution in [-0.4, -0.2) is 42.0 Å². The molecule has 0 aliphatic carbocycles. The van der Waals surface area contributed by atoms with Crippen LogP contribution in [0.3, 0.4) is 0 Å². The number of amides is 1. The molecule has 7 heteroatoms. The number of halogens is 2. The first-order chi connectivity index (χ1) is 7.32. The Bertz CT molecular complexity index is 365. The molecule has 1 rings (SSSR count). The minimum atomic E-state index is -2.99. The van der Waals surface area contributed by atoms with Gasteiger partial charge in [-0.3, -0.25) is 4.79 Å². The predicted molar refractivity (Wildman–Crippen MR) is 70.9 cm³/mol. The van der Waals surface area contributed by atoms with E-state index in [4.69, 9.17) is 0 Å². The lowest BCUT2D eigenvalue weighted by molar-refractivity contribution is -0.125. The van der Waals surface area contributed by atoms with Gasteiger partial charge in [0.2, 0.25) is 5.91 Å². The van der Waals surface area contributed by atoms with Crippen LogP contribution in [0.15, 0.2) is 0 Å². The number of nitrogens with one attached hydrogen (secondary N) is 1. The summed E-state index contributed by atoms with van der Waals surface area (Å²) < 4.78 is 22.5. The number of hydrogen-bond donors (Lipinski definition) is 1. The van der Waals surface area contributed by atoms with E-state index < -0.39 is 9.84 Å². The minimum absolute atomic E-state index is 0.0144. The highest BCUT2D eigenvalue weighted by molar-refractivity contribution is 9.09. The van der Waals surface area contributed by atoms with Crippen molar-refractivity contribution >= 4 is 47.6 Å². The molecule has 0 spiro atoms. The highest BCUT2D eigenvalue weighted by Gasteiger charge is 2.35. The van der Waals surface area contributed by atoms with Crippen LogP contribution in [-0.2, 0) is 14.6 Å². The zero-order valence-corrected chi connectivity index (χ0v) is 13.0. The third-order valence-electron chi connectivity index (χ3n) is 2.62. The third-order valence-corrected chi connectivity index (χ3v) is 6.86. The number of hydrogen-bond acceptors (Lipinski definition) is 3. The summed E-state index contributed by atoms with van der Waals surface area (Å²) in [6.07, 6.45) is 0.439. The largest absolute Gasteiger partial charge is 0.349 e. The molecule has 16 heavy (non-hydrogen) atoms. The molecule has 94 valence electrons. The maximum atomic E-state index is 11.8. The molecule has 1 N–H and O–H groups in total. The summed E-state index contributed by atoms with van der Waals surface area (Å²) in [6, 6.07) is 0. The molecule has 1 atom stereocenters. The Kier molecular flexibility index (Phi) is 4.83. The van der Waals surface area contributed by atoms with E-state index in [1.165, 1.54) is 0 Å². The van der Waals surface area contributed by atoms with Gasteiger partial charge in [0, 0.05) is 10.7 Å². The monoisotopic (exact) mass is 375 g/mol. The second kappa shape index (κ2) is 5.35. The third kappa shape index (κ3) is 3.70. The summed E-state index contributed by atoms with van der Waals surface area (Å²) in [5.41, 5.74) is -0.372. The Balaban J connectivity index is 2.60. The zero-order valence-electron chi connectivity index (χ0n) is 9.00. The molecule has 0 aromatic heterocycles. The SMILES string of the molecule is CC(CBr)(CBr)NC(=O)C1CCS(=O)(=O)C1. The fourth-order valence-corrected chi connectivity index (χ4v) is 4.45. The Labute approximate surface area is 113 Å². The first-order valence-corrected chi connectivity index (χ1v) is 9.03. The number of carbonyl (C=O) groups is 1. The lowest BCUT2D eigenvalue weighted by Gasteiger charge is -2.27. The van der Waals surface area contributed by atoms with Gasteiger partial charge in [-0.2, -0.15) is 0 Å². The second-order valence-corrected chi connectivity index (χ2v) is 7.77. The van der Waals surface area contributed by atoms with Crippen LogP contribution >= 0.6 is 31.9 Å². The second-order valence-electron chi connectivity index (χ2n) is 4.42. The first kappa shape index (κ1) is 14.4. The lowest BCUT2D eigenvalue weighted by atomic mass is 10.0. The van der Waals surface area contributed by atoms with E-state index in [-0.39, 0.29) is 28.9 Å². The van der Waals surface area contributed by atoms with Crippen LogP contribution < -0.4 is 5.32 Å². The molecule has 0 aromatic rings. The smallest absolute Gasteiger partial charge is 0.224 e. The maximum Gasteiger partial charge on any atom is 0.224 e. The summed E-state index contributed by atoms with van der Waals surface area (Å²) in [6.45, 7) is 1.90. The maximum absolute atomic E-state index is 11.8. The Morgan fingerprint density at radius 1 is 1.44 bits per heavy atom. The van der Waals surface area contributed by atoms with E-state index in [9.17, 15) is 13.2 Å². The Morgan fingerprint density at radius 3 is 2.38 bits per heavy atom. The highest BCUT2D eigenvalue weighted by atomic mass is 79.9. The Morgan fingerprint density at radius 2 is 2.00 bits per heavy atom. The summed E-state index contributed by atoms with van der Waals surface area (Å²) in [4.78, 5) is 11.8. The van der Waals surface area contributed by atoms with Crippen molar-refractivity contribution in [3.8, 4) is 0 Å². The quantitative estimate of drug-likeness (QED) is 0.747. The van der Waals surface area contributed by atoms with E-state index in [0.29, 0.717) is 17.1 Å². The molecular weight excluding hydrogens is 362 g/mol. The van der Waals surface area contributed by atoms with Gasteiger partial charge in [0.05, 0.1) is 23.0 Å². The zero-order chi connectivity index (χ0) is 12.4. The Hall–Kier alpha value is 0.380. The van der Waals surface area contributed by atoms with Crippen molar-refractivity contribution in [2.75, 3.05) is 22.2 Å². The van der Waals surface area contributed by atoms with Gasteiger partial charge in [0.1, 0.15) is 0 Å². The molecule has 0 bridgehead atoms. The van der Waals surface area contributed by atoms with Crippen molar-refractivity contribution in [2.45, 2.75) is 18.9 Å². The molecule has 1 heterocycles. The van der Waals surface area contributed by atoms with Crippen LogP contribution in [0.2, 0.25) is 0 Å². The molecule has 0 radical (unpaired) electrons. The van der Waals surface area contributed by atoms with Gasteiger partial charge in [-0.15, -0.1) is 0 Å². The molecular formula is C9H15Br2NO3S. The van der Waals surface area contributed by atoms with Crippen LogP contribution in [0.4, 0.5) is 0 Å². The van der Waals surface area contributed by atoms with Gasteiger partial charge in [0.25, 0.3) is 0 Å².